The highest BCUT2D eigenvalue weighted by Crippen LogP contribution is 2.28. The molecule has 0 bridgehead atoms. The molecule has 2 N–H and O–H groups in total. The summed E-state index contributed by atoms with van der Waals surface area (Å²) in [4.78, 5) is 12.1. The van der Waals surface area contributed by atoms with Crippen molar-refractivity contribution >= 4 is 56.1 Å². The van der Waals surface area contributed by atoms with Crippen molar-refractivity contribution < 1.29 is 18.4 Å². The number of nitrogens with one attached hydrogen (secondary N) is 1. The Morgan fingerprint density at radius 2 is 1.92 bits per heavy atom. The fraction of sp³-hybridized carbons (Fsp3) is 0. The van der Waals surface area contributed by atoms with E-state index in [1.807, 2.05) is 4.83 Å². The SMILES string of the molecule is O=[N+]([O-])c1cc(I)c(O)c(/C=N/NS(=O)(=O)c2ccc(Cl)cc2)c1. The maximum atomic E-state index is 12.0. The molecule has 2 rings (SSSR count). The fourth-order valence-electron chi connectivity index (χ4n) is 1.64. The van der Waals surface area contributed by atoms with Crippen molar-refractivity contribution in [3.8, 4) is 5.75 Å². The van der Waals surface area contributed by atoms with Gasteiger partial charge in [-0.25, -0.2) is 4.83 Å². The molecule has 0 spiro atoms. The summed E-state index contributed by atoms with van der Waals surface area (Å²) in [6.45, 7) is 0. The zero-order valence-corrected chi connectivity index (χ0v) is 15.4. The van der Waals surface area contributed by atoms with Crippen LogP contribution in [0.2, 0.25) is 5.02 Å². The molecule has 0 aliphatic carbocycles. The highest BCUT2D eigenvalue weighted by molar-refractivity contribution is 14.1. The van der Waals surface area contributed by atoms with Gasteiger partial charge in [0.1, 0.15) is 5.75 Å². The number of nitro groups is 1. The summed E-state index contributed by atoms with van der Waals surface area (Å²) in [5.41, 5.74) is -0.244. The Bertz CT molecular complexity index is 916. The first-order valence-electron chi connectivity index (χ1n) is 6.18. The third-order valence-corrected chi connectivity index (χ3v) is 5.10. The van der Waals surface area contributed by atoms with Crippen LogP contribution in [0.25, 0.3) is 0 Å². The molecule has 2 aromatic carbocycles. The van der Waals surface area contributed by atoms with E-state index in [9.17, 15) is 23.6 Å². The second kappa shape index (κ2) is 7.32. The van der Waals surface area contributed by atoms with Gasteiger partial charge in [-0.1, -0.05) is 11.6 Å². The molecule has 0 saturated carbocycles. The molecule has 0 heterocycles. The monoisotopic (exact) mass is 481 g/mol. The molecule has 11 heteroatoms. The molecule has 0 amide bonds. The predicted molar refractivity (Wildman–Crippen MR) is 96.8 cm³/mol. The quantitative estimate of drug-likeness (QED) is 0.294. The zero-order chi connectivity index (χ0) is 17.9. The van der Waals surface area contributed by atoms with E-state index in [1.165, 1.54) is 30.3 Å². The minimum absolute atomic E-state index is 0.00686. The van der Waals surface area contributed by atoms with E-state index >= 15 is 0 Å². The van der Waals surface area contributed by atoms with Crippen LogP contribution in [0.5, 0.6) is 5.75 Å². The minimum Gasteiger partial charge on any atom is -0.506 e. The molecule has 0 fully saturated rings. The molecule has 0 aromatic heterocycles. The van der Waals surface area contributed by atoms with Crippen molar-refractivity contribution in [3.05, 3.63) is 60.7 Å². The molecule has 0 atom stereocenters. The molecular formula is C13H9ClIN3O5S. The number of nitro benzene ring substituents is 1. The average molecular weight is 482 g/mol. The van der Waals surface area contributed by atoms with E-state index in [1.54, 1.807) is 22.6 Å². The van der Waals surface area contributed by atoms with Gasteiger partial charge >= 0.3 is 0 Å². The Labute approximate surface area is 155 Å². The van der Waals surface area contributed by atoms with Gasteiger partial charge in [-0.3, -0.25) is 10.1 Å². The number of rotatable bonds is 5. The highest BCUT2D eigenvalue weighted by atomic mass is 127. The smallest absolute Gasteiger partial charge is 0.276 e. The van der Waals surface area contributed by atoms with E-state index in [-0.39, 0.29) is 25.5 Å². The van der Waals surface area contributed by atoms with E-state index in [0.717, 1.165) is 12.3 Å². The minimum atomic E-state index is -3.92. The molecular weight excluding hydrogens is 473 g/mol. The Kier molecular flexibility index (Phi) is 5.62. The standard InChI is InChI=1S/C13H9ClIN3O5S/c14-9-1-3-11(4-2-9)24(22,23)17-16-7-8-5-10(18(20)21)6-12(15)13(8)19/h1-7,17,19H/b16-7+. The summed E-state index contributed by atoms with van der Waals surface area (Å²) in [5.74, 6) is -0.240. The highest BCUT2D eigenvalue weighted by Gasteiger charge is 2.15. The predicted octanol–water partition coefficient (Wildman–Crippen LogP) is 2.87. The van der Waals surface area contributed by atoms with Crippen molar-refractivity contribution in [3.63, 3.8) is 0 Å². The lowest BCUT2D eigenvalue weighted by molar-refractivity contribution is -0.385. The lowest BCUT2D eigenvalue weighted by Gasteiger charge is -2.04. The van der Waals surface area contributed by atoms with E-state index < -0.39 is 14.9 Å². The van der Waals surface area contributed by atoms with Gasteiger partial charge < -0.3 is 5.11 Å². The lowest BCUT2D eigenvalue weighted by atomic mass is 10.2. The maximum Gasteiger partial charge on any atom is 0.276 e. The molecule has 24 heavy (non-hydrogen) atoms. The molecule has 0 radical (unpaired) electrons. The van der Waals surface area contributed by atoms with Crippen molar-refractivity contribution in [2.45, 2.75) is 4.90 Å². The summed E-state index contributed by atoms with van der Waals surface area (Å²) in [7, 11) is -3.92. The summed E-state index contributed by atoms with van der Waals surface area (Å²) in [5, 5.41) is 24.6. The fourth-order valence-corrected chi connectivity index (χ4v) is 3.19. The number of phenolic OH excluding ortho intramolecular Hbond substituents is 1. The third-order valence-electron chi connectivity index (χ3n) is 2.79. The Hall–Kier alpha value is -1.92. The second-order valence-electron chi connectivity index (χ2n) is 4.43. The van der Waals surface area contributed by atoms with Gasteiger partial charge in [-0.15, -0.1) is 0 Å². The van der Waals surface area contributed by atoms with Gasteiger partial charge in [-0.05, 0) is 46.9 Å². The zero-order valence-electron chi connectivity index (χ0n) is 11.7. The molecule has 0 saturated heterocycles. The number of benzene rings is 2. The summed E-state index contributed by atoms with van der Waals surface area (Å²) in [6, 6.07) is 7.69. The number of hydrogen-bond acceptors (Lipinski definition) is 6. The van der Waals surface area contributed by atoms with Crippen LogP contribution >= 0.6 is 34.2 Å². The van der Waals surface area contributed by atoms with Crippen LogP contribution in [0.3, 0.4) is 0 Å². The summed E-state index contributed by atoms with van der Waals surface area (Å²) in [6.07, 6.45) is 0.984. The number of sulfonamides is 1. The number of nitrogens with zero attached hydrogens (tertiary/aromatic N) is 2. The first kappa shape index (κ1) is 18.4. The number of hydrazone groups is 1. The number of non-ortho nitro benzene ring substituents is 1. The third kappa shape index (κ3) is 4.33. The number of halogens is 2. The van der Waals surface area contributed by atoms with Crippen molar-refractivity contribution in [2.24, 2.45) is 5.10 Å². The Morgan fingerprint density at radius 1 is 1.29 bits per heavy atom. The summed E-state index contributed by atoms with van der Waals surface area (Å²) >= 11 is 7.41. The van der Waals surface area contributed by atoms with Crippen LogP contribution in [0.1, 0.15) is 5.56 Å². The van der Waals surface area contributed by atoms with Crippen LogP contribution in [0, 0.1) is 13.7 Å². The van der Waals surface area contributed by atoms with Gasteiger partial charge in [0.15, 0.2) is 0 Å². The van der Waals surface area contributed by atoms with Crippen molar-refractivity contribution in [1.82, 2.24) is 4.83 Å². The number of hydrogen-bond donors (Lipinski definition) is 2. The summed E-state index contributed by atoms with van der Waals surface area (Å²) < 4.78 is 24.3. The van der Waals surface area contributed by atoms with Gasteiger partial charge in [0.2, 0.25) is 0 Å². The molecule has 8 nitrogen and oxygen atoms in total. The first-order chi connectivity index (χ1) is 11.2. The Balaban J connectivity index is 2.25. The second-order valence-corrected chi connectivity index (χ2v) is 7.69. The molecule has 0 unspecified atom stereocenters. The first-order valence-corrected chi connectivity index (χ1v) is 9.12. The average Bonchev–Trinajstić information content (AvgIpc) is 2.51. The Morgan fingerprint density at radius 3 is 2.50 bits per heavy atom. The van der Waals surface area contributed by atoms with Crippen LogP contribution in [-0.2, 0) is 10.0 Å². The van der Waals surface area contributed by atoms with Crippen LogP contribution in [0.15, 0.2) is 46.4 Å². The van der Waals surface area contributed by atoms with Crippen molar-refractivity contribution in [1.29, 1.82) is 0 Å². The van der Waals surface area contributed by atoms with E-state index in [0.29, 0.717) is 5.02 Å². The molecule has 126 valence electrons. The van der Waals surface area contributed by atoms with E-state index in [2.05, 4.69) is 5.10 Å². The van der Waals surface area contributed by atoms with Crippen LogP contribution in [-0.4, -0.2) is 24.7 Å². The van der Waals surface area contributed by atoms with Gasteiger partial charge in [0.05, 0.1) is 19.6 Å². The molecule has 0 aliphatic heterocycles. The van der Waals surface area contributed by atoms with Crippen LogP contribution < -0.4 is 4.83 Å². The van der Waals surface area contributed by atoms with Gasteiger partial charge in [-0.2, -0.15) is 13.5 Å². The topological polar surface area (TPSA) is 122 Å². The van der Waals surface area contributed by atoms with Crippen molar-refractivity contribution in [2.75, 3.05) is 0 Å². The van der Waals surface area contributed by atoms with Gasteiger partial charge in [0.25, 0.3) is 15.7 Å². The van der Waals surface area contributed by atoms with E-state index in [4.69, 9.17) is 11.6 Å². The largest absolute Gasteiger partial charge is 0.506 e. The molecule has 2 aromatic rings. The van der Waals surface area contributed by atoms with Gasteiger partial charge in [0, 0.05) is 22.7 Å². The molecule has 0 aliphatic rings. The normalized spacial score (nSPS) is 11.6. The lowest BCUT2D eigenvalue weighted by Crippen LogP contribution is -2.18. The number of aromatic hydroxyl groups is 1. The maximum absolute atomic E-state index is 12.0. The van der Waals surface area contributed by atoms with Crippen LogP contribution in [0.4, 0.5) is 5.69 Å². The number of phenols is 1.